The molecule has 0 amide bonds. The molecular formula is C18H31N5S. The molecule has 5 nitrogen and oxygen atoms in total. The van der Waals surface area contributed by atoms with Gasteiger partial charge < -0.3 is 15.5 Å². The molecule has 0 spiro atoms. The van der Waals surface area contributed by atoms with Gasteiger partial charge in [-0.2, -0.15) is 0 Å². The zero-order chi connectivity index (χ0) is 16.8. The Morgan fingerprint density at radius 1 is 1.29 bits per heavy atom. The van der Waals surface area contributed by atoms with Crippen LogP contribution in [0.2, 0.25) is 0 Å². The van der Waals surface area contributed by atoms with Crippen LogP contribution in [-0.4, -0.2) is 54.6 Å². The van der Waals surface area contributed by atoms with E-state index in [1.165, 1.54) is 61.5 Å². The molecule has 3 rings (SSSR count). The van der Waals surface area contributed by atoms with Gasteiger partial charge in [0.15, 0.2) is 5.96 Å². The van der Waals surface area contributed by atoms with Gasteiger partial charge in [0, 0.05) is 56.3 Å². The summed E-state index contributed by atoms with van der Waals surface area (Å²) in [6, 6.07) is 1.42. The molecule has 1 saturated heterocycles. The first-order valence-electron chi connectivity index (χ1n) is 9.37. The lowest BCUT2D eigenvalue weighted by Gasteiger charge is -2.36. The number of nitrogens with zero attached hydrogens (tertiary/aromatic N) is 3. The molecule has 0 radical (unpaired) electrons. The number of thiazole rings is 1. The van der Waals surface area contributed by atoms with E-state index in [1.807, 2.05) is 13.2 Å². The Kier molecular flexibility index (Phi) is 6.49. The highest BCUT2D eigenvalue weighted by Gasteiger charge is 2.27. The Balaban J connectivity index is 1.36. The number of rotatable bonds is 5. The van der Waals surface area contributed by atoms with Crippen LogP contribution in [0.3, 0.4) is 0 Å². The maximum absolute atomic E-state index is 4.41. The molecule has 1 aliphatic carbocycles. The number of guanidine groups is 1. The van der Waals surface area contributed by atoms with E-state index in [0.717, 1.165) is 25.0 Å². The molecule has 2 heterocycles. The van der Waals surface area contributed by atoms with Gasteiger partial charge in [-0.15, -0.1) is 11.3 Å². The number of hydrogen-bond donors (Lipinski definition) is 2. The van der Waals surface area contributed by atoms with E-state index in [1.54, 1.807) is 11.3 Å². The predicted molar refractivity (Wildman–Crippen MR) is 102 cm³/mol. The zero-order valence-electron chi connectivity index (χ0n) is 15.1. The highest BCUT2D eigenvalue weighted by molar-refractivity contribution is 7.11. The zero-order valence-corrected chi connectivity index (χ0v) is 15.9. The quantitative estimate of drug-likeness (QED) is 0.634. The number of hydrogen-bond acceptors (Lipinski definition) is 4. The van der Waals surface area contributed by atoms with Crippen LogP contribution in [0, 0.1) is 6.92 Å². The van der Waals surface area contributed by atoms with E-state index in [0.29, 0.717) is 6.04 Å². The van der Waals surface area contributed by atoms with Crippen molar-refractivity contribution in [3.8, 4) is 0 Å². The van der Waals surface area contributed by atoms with Gasteiger partial charge in [0.2, 0.25) is 0 Å². The lowest BCUT2D eigenvalue weighted by atomic mass is 10.0. The van der Waals surface area contributed by atoms with Crippen molar-refractivity contribution in [2.24, 2.45) is 4.99 Å². The van der Waals surface area contributed by atoms with E-state index in [4.69, 9.17) is 0 Å². The minimum atomic E-state index is 0.552. The van der Waals surface area contributed by atoms with Gasteiger partial charge in [-0.3, -0.25) is 4.99 Å². The third-order valence-electron chi connectivity index (χ3n) is 5.24. The Labute approximate surface area is 150 Å². The summed E-state index contributed by atoms with van der Waals surface area (Å²) >= 11 is 1.78. The van der Waals surface area contributed by atoms with Crippen LogP contribution < -0.4 is 10.6 Å². The van der Waals surface area contributed by atoms with Crippen molar-refractivity contribution in [1.82, 2.24) is 20.5 Å². The summed E-state index contributed by atoms with van der Waals surface area (Å²) in [5.41, 5.74) is 0. The second-order valence-electron chi connectivity index (χ2n) is 7.01. The molecule has 1 aromatic rings. The molecule has 0 bridgehead atoms. The number of likely N-dealkylation sites (tertiary alicyclic amines) is 1. The van der Waals surface area contributed by atoms with Crippen molar-refractivity contribution in [2.75, 3.05) is 26.7 Å². The largest absolute Gasteiger partial charge is 0.356 e. The van der Waals surface area contributed by atoms with Gasteiger partial charge in [-0.05, 0) is 32.6 Å². The van der Waals surface area contributed by atoms with Crippen LogP contribution in [0.15, 0.2) is 11.2 Å². The number of piperidine rings is 1. The summed E-state index contributed by atoms with van der Waals surface area (Å²) in [5, 5.41) is 8.23. The minimum Gasteiger partial charge on any atom is -0.356 e. The average Bonchev–Trinajstić information content (AvgIpc) is 3.26. The first kappa shape index (κ1) is 17.7. The monoisotopic (exact) mass is 349 g/mol. The van der Waals surface area contributed by atoms with Crippen LogP contribution in [0.1, 0.15) is 48.4 Å². The summed E-state index contributed by atoms with van der Waals surface area (Å²) < 4.78 is 0. The van der Waals surface area contributed by atoms with Crippen molar-refractivity contribution >= 4 is 17.3 Å². The van der Waals surface area contributed by atoms with E-state index < -0.39 is 0 Å². The summed E-state index contributed by atoms with van der Waals surface area (Å²) in [6.07, 6.45) is 11.0. The maximum Gasteiger partial charge on any atom is 0.191 e. The summed E-state index contributed by atoms with van der Waals surface area (Å²) in [4.78, 5) is 12.8. The first-order chi connectivity index (χ1) is 11.7. The van der Waals surface area contributed by atoms with E-state index >= 15 is 0 Å². The fourth-order valence-corrected chi connectivity index (χ4v) is 4.66. The Morgan fingerprint density at radius 2 is 2.04 bits per heavy atom. The van der Waals surface area contributed by atoms with Crippen LogP contribution in [-0.2, 0) is 6.42 Å². The molecule has 1 aliphatic heterocycles. The molecule has 0 atom stereocenters. The van der Waals surface area contributed by atoms with Crippen LogP contribution in [0.25, 0.3) is 0 Å². The fraction of sp³-hybridized carbons (Fsp3) is 0.778. The standard InChI is InChI=1S/C18H31N5S/c1-14-13-21-17(24-14)7-10-20-18(19-2)22-15-8-11-23(12-9-15)16-5-3-4-6-16/h13,15-16H,3-12H2,1-2H3,(H2,19,20,22). The predicted octanol–water partition coefficient (Wildman–Crippen LogP) is 2.57. The number of aromatic nitrogens is 1. The van der Waals surface area contributed by atoms with Gasteiger partial charge in [0.1, 0.15) is 0 Å². The highest BCUT2D eigenvalue weighted by atomic mass is 32.1. The smallest absolute Gasteiger partial charge is 0.191 e. The van der Waals surface area contributed by atoms with E-state index in [2.05, 4.69) is 32.4 Å². The summed E-state index contributed by atoms with van der Waals surface area (Å²) in [5.74, 6) is 0.933. The van der Waals surface area contributed by atoms with E-state index in [9.17, 15) is 0 Å². The average molecular weight is 350 g/mol. The topological polar surface area (TPSA) is 52.6 Å². The molecule has 134 valence electrons. The Hall–Kier alpha value is -1.14. The first-order valence-corrected chi connectivity index (χ1v) is 10.2. The number of aryl methyl sites for hydroxylation is 1. The Bertz CT molecular complexity index is 527. The molecule has 2 fully saturated rings. The molecular weight excluding hydrogens is 318 g/mol. The molecule has 24 heavy (non-hydrogen) atoms. The highest BCUT2D eigenvalue weighted by Crippen LogP contribution is 2.26. The normalized spacial score (nSPS) is 21.3. The molecule has 1 saturated carbocycles. The third kappa shape index (κ3) is 4.93. The third-order valence-corrected chi connectivity index (χ3v) is 6.21. The maximum atomic E-state index is 4.41. The van der Waals surface area contributed by atoms with Crippen molar-refractivity contribution in [3.63, 3.8) is 0 Å². The summed E-state index contributed by atoms with van der Waals surface area (Å²) in [7, 11) is 1.86. The van der Waals surface area contributed by atoms with E-state index in [-0.39, 0.29) is 0 Å². The Morgan fingerprint density at radius 3 is 2.67 bits per heavy atom. The lowest BCUT2D eigenvalue weighted by molar-refractivity contribution is 0.150. The second-order valence-corrected chi connectivity index (χ2v) is 8.33. The SMILES string of the molecule is CN=C(NCCc1ncc(C)s1)NC1CCN(C2CCCC2)CC1. The lowest BCUT2D eigenvalue weighted by Crippen LogP contribution is -2.50. The van der Waals surface area contributed by atoms with Crippen molar-refractivity contribution < 1.29 is 0 Å². The van der Waals surface area contributed by atoms with Crippen LogP contribution in [0.4, 0.5) is 0 Å². The van der Waals surface area contributed by atoms with Gasteiger partial charge in [0.05, 0.1) is 5.01 Å². The number of nitrogens with one attached hydrogen (secondary N) is 2. The van der Waals surface area contributed by atoms with Crippen LogP contribution >= 0.6 is 11.3 Å². The molecule has 2 aliphatic rings. The minimum absolute atomic E-state index is 0.552. The molecule has 0 aromatic carbocycles. The van der Waals surface area contributed by atoms with Crippen LogP contribution in [0.5, 0.6) is 0 Å². The second kappa shape index (κ2) is 8.81. The fourth-order valence-electron chi connectivity index (χ4n) is 3.87. The van der Waals surface area contributed by atoms with Gasteiger partial charge in [-0.25, -0.2) is 4.98 Å². The van der Waals surface area contributed by atoms with Gasteiger partial charge in [0.25, 0.3) is 0 Å². The molecule has 6 heteroatoms. The molecule has 0 unspecified atom stereocenters. The molecule has 1 aromatic heterocycles. The summed E-state index contributed by atoms with van der Waals surface area (Å²) in [6.45, 7) is 5.45. The molecule has 2 N–H and O–H groups in total. The number of aliphatic imine (C=N–C) groups is 1. The van der Waals surface area contributed by atoms with Gasteiger partial charge >= 0.3 is 0 Å². The van der Waals surface area contributed by atoms with Gasteiger partial charge in [-0.1, -0.05) is 12.8 Å². The van der Waals surface area contributed by atoms with Crippen molar-refractivity contribution in [2.45, 2.75) is 64.0 Å². The van der Waals surface area contributed by atoms with Crippen molar-refractivity contribution in [1.29, 1.82) is 0 Å². The van der Waals surface area contributed by atoms with Crippen molar-refractivity contribution in [3.05, 3.63) is 16.1 Å².